The van der Waals surface area contributed by atoms with E-state index in [1.165, 1.54) is 23.1 Å². The minimum absolute atomic E-state index is 0.173. The molecule has 2 N–H and O–H groups in total. The van der Waals surface area contributed by atoms with Gasteiger partial charge in [0.15, 0.2) is 4.34 Å². The fourth-order valence-electron chi connectivity index (χ4n) is 3.50. The highest BCUT2D eigenvalue weighted by atomic mass is 32.2. The van der Waals surface area contributed by atoms with Crippen molar-refractivity contribution in [3.8, 4) is 6.07 Å². The number of hydrogen-bond donors (Lipinski definition) is 2. The van der Waals surface area contributed by atoms with Gasteiger partial charge in [-0.2, -0.15) is 5.26 Å². The SMILES string of the molecule is Cc1c(C#N)c(NC(=O)CSc2nnc(NCc3ccccc3)s2)n(Cc2ccccc2)c1C. The molecule has 0 aliphatic rings. The average molecular weight is 489 g/mol. The van der Waals surface area contributed by atoms with Gasteiger partial charge in [-0.1, -0.05) is 83.8 Å². The molecule has 9 heteroatoms. The molecule has 0 fully saturated rings. The Labute approximate surface area is 206 Å². The fourth-order valence-corrected chi connectivity index (χ4v) is 5.05. The standard InChI is InChI=1S/C25H24N6OS2/c1-17-18(2)31(15-20-11-7-4-8-12-20)23(21(17)13-26)28-22(32)16-33-25-30-29-24(34-25)27-14-19-9-5-3-6-10-19/h3-12H,14-16H2,1-2H3,(H,27,29)(H,28,32). The maximum atomic E-state index is 12.8. The number of carbonyl (C=O) groups is 1. The molecule has 172 valence electrons. The van der Waals surface area contributed by atoms with Crippen LogP contribution in [-0.4, -0.2) is 26.4 Å². The van der Waals surface area contributed by atoms with Gasteiger partial charge >= 0.3 is 0 Å². The Morgan fingerprint density at radius 1 is 1.06 bits per heavy atom. The van der Waals surface area contributed by atoms with Gasteiger partial charge in [-0.25, -0.2) is 0 Å². The first-order valence-electron chi connectivity index (χ1n) is 10.7. The smallest absolute Gasteiger partial charge is 0.235 e. The number of aromatic nitrogens is 3. The van der Waals surface area contributed by atoms with Crippen molar-refractivity contribution in [1.82, 2.24) is 14.8 Å². The number of thioether (sulfide) groups is 1. The largest absolute Gasteiger partial charge is 0.356 e. The number of hydrogen-bond acceptors (Lipinski definition) is 7. The number of nitriles is 1. The Morgan fingerprint density at radius 2 is 1.74 bits per heavy atom. The predicted molar refractivity (Wildman–Crippen MR) is 137 cm³/mol. The van der Waals surface area contributed by atoms with E-state index in [2.05, 4.69) is 26.9 Å². The molecule has 7 nitrogen and oxygen atoms in total. The first kappa shape index (κ1) is 23.5. The Kier molecular flexibility index (Phi) is 7.62. The summed E-state index contributed by atoms with van der Waals surface area (Å²) in [7, 11) is 0. The Hall–Kier alpha value is -3.61. The quantitative estimate of drug-likeness (QED) is 0.314. The van der Waals surface area contributed by atoms with Crippen LogP contribution in [0.25, 0.3) is 0 Å². The summed E-state index contributed by atoms with van der Waals surface area (Å²) in [6.07, 6.45) is 0. The van der Waals surface area contributed by atoms with Crippen LogP contribution in [0.4, 0.5) is 10.9 Å². The highest BCUT2D eigenvalue weighted by Crippen LogP contribution is 2.29. The third-order valence-electron chi connectivity index (χ3n) is 5.40. The molecule has 0 saturated carbocycles. The number of benzene rings is 2. The normalized spacial score (nSPS) is 10.6. The van der Waals surface area contributed by atoms with Crippen LogP contribution in [-0.2, 0) is 17.9 Å². The van der Waals surface area contributed by atoms with Crippen molar-refractivity contribution in [2.24, 2.45) is 0 Å². The Balaban J connectivity index is 1.39. The second kappa shape index (κ2) is 11.0. The molecule has 0 unspecified atom stereocenters. The lowest BCUT2D eigenvalue weighted by atomic mass is 10.2. The van der Waals surface area contributed by atoms with Crippen molar-refractivity contribution in [1.29, 1.82) is 5.26 Å². The van der Waals surface area contributed by atoms with Crippen molar-refractivity contribution in [2.75, 3.05) is 16.4 Å². The molecule has 0 bridgehead atoms. The highest BCUT2D eigenvalue weighted by Gasteiger charge is 2.20. The summed E-state index contributed by atoms with van der Waals surface area (Å²) < 4.78 is 2.70. The zero-order chi connectivity index (χ0) is 23.9. The molecular formula is C25H24N6OS2. The second-order valence-corrected chi connectivity index (χ2v) is 9.87. The van der Waals surface area contributed by atoms with E-state index in [-0.39, 0.29) is 11.7 Å². The van der Waals surface area contributed by atoms with Crippen LogP contribution in [0.3, 0.4) is 0 Å². The van der Waals surface area contributed by atoms with Gasteiger partial charge in [0, 0.05) is 18.8 Å². The lowest BCUT2D eigenvalue weighted by Crippen LogP contribution is -2.18. The van der Waals surface area contributed by atoms with E-state index in [1.807, 2.05) is 79.1 Å². The van der Waals surface area contributed by atoms with Gasteiger partial charge in [0.05, 0.1) is 11.3 Å². The van der Waals surface area contributed by atoms with Crippen molar-refractivity contribution < 1.29 is 4.79 Å². The second-order valence-electron chi connectivity index (χ2n) is 7.67. The van der Waals surface area contributed by atoms with Gasteiger partial charge in [-0.15, -0.1) is 10.2 Å². The lowest BCUT2D eigenvalue weighted by Gasteiger charge is -2.13. The van der Waals surface area contributed by atoms with Gasteiger partial charge < -0.3 is 15.2 Å². The first-order valence-corrected chi connectivity index (χ1v) is 12.5. The molecule has 2 heterocycles. The minimum atomic E-state index is -0.192. The third kappa shape index (κ3) is 5.65. The Bertz CT molecular complexity index is 1310. The maximum Gasteiger partial charge on any atom is 0.235 e. The van der Waals surface area contributed by atoms with E-state index in [1.54, 1.807) is 0 Å². The van der Waals surface area contributed by atoms with E-state index in [4.69, 9.17) is 0 Å². The molecule has 4 aromatic rings. The molecule has 2 aromatic heterocycles. The minimum Gasteiger partial charge on any atom is -0.356 e. The van der Waals surface area contributed by atoms with Gasteiger partial charge in [0.1, 0.15) is 11.9 Å². The van der Waals surface area contributed by atoms with Crippen molar-refractivity contribution in [3.05, 3.63) is 88.6 Å². The summed E-state index contributed by atoms with van der Waals surface area (Å²) in [6.45, 7) is 5.11. The number of nitrogens with one attached hydrogen (secondary N) is 2. The van der Waals surface area contributed by atoms with Crippen LogP contribution in [0, 0.1) is 25.2 Å². The van der Waals surface area contributed by atoms with Crippen molar-refractivity contribution in [3.63, 3.8) is 0 Å². The van der Waals surface area contributed by atoms with Crippen LogP contribution in [0.5, 0.6) is 0 Å². The lowest BCUT2D eigenvalue weighted by molar-refractivity contribution is -0.113. The molecule has 0 saturated heterocycles. The van der Waals surface area contributed by atoms with Crippen LogP contribution in [0.15, 0.2) is 65.0 Å². The van der Waals surface area contributed by atoms with Crippen LogP contribution < -0.4 is 10.6 Å². The average Bonchev–Trinajstić information content (AvgIpc) is 3.41. The molecule has 0 aliphatic heterocycles. The summed E-state index contributed by atoms with van der Waals surface area (Å²) in [5, 5.41) is 25.0. The maximum absolute atomic E-state index is 12.8. The van der Waals surface area contributed by atoms with E-state index in [9.17, 15) is 10.1 Å². The van der Waals surface area contributed by atoms with Crippen molar-refractivity contribution in [2.45, 2.75) is 31.3 Å². The van der Waals surface area contributed by atoms with Crippen molar-refractivity contribution >= 4 is 40.0 Å². The highest BCUT2D eigenvalue weighted by molar-refractivity contribution is 8.01. The number of rotatable bonds is 9. The van der Waals surface area contributed by atoms with E-state index >= 15 is 0 Å². The molecule has 0 spiro atoms. The summed E-state index contributed by atoms with van der Waals surface area (Å²) in [6, 6.07) is 22.3. The van der Waals surface area contributed by atoms with E-state index in [0.29, 0.717) is 33.9 Å². The van der Waals surface area contributed by atoms with Gasteiger partial charge in [0.2, 0.25) is 11.0 Å². The zero-order valence-electron chi connectivity index (χ0n) is 18.9. The molecule has 0 aliphatic carbocycles. The number of amides is 1. The van der Waals surface area contributed by atoms with Crippen LogP contribution in [0.2, 0.25) is 0 Å². The monoisotopic (exact) mass is 488 g/mol. The number of anilines is 2. The van der Waals surface area contributed by atoms with Gasteiger partial charge in [-0.3, -0.25) is 4.79 Å². The molecule has 34 heavy (non-hydrogen) atoms. The zero-order valence-corrected chi connectivity index (χ0v) is 20.5. The molecule has 1 amide bonds. The number of carbonyl (C=O) groups excluding carboxylic acids is 1. The first-order chi connectivity index (χ1) is 16.5. The molecule has 2 aromatic carbocycles. The number of nitrogens with zero attached hydrogens (tertiary/aromatic N) is 4. The molecular weight excluding hydrogens is 464 g/mol. The fraction of sp³-hybridized carbons (Fsp3) is 0.200. The molecule has 0 radical (unpaired) electrons. The van der Waals surface area contributed by atoms with E-state index < -0.39 is 0 Å². The summed E-state index contributed by atoms with van der Waals surface area (Å²) in [5.74, 6) is 0.518. The Morgan fingerprint density at radius 3 is 2.41 bits per heavy atom. The predicted octanol–water partition coefficient (Wildman–Crippen LogP) is 5.22. The summed E-state index contributed by atoms with van der Waals surface area (Å²) in [5.41, 5.74) is 4.58. The van der Waals surface area contributed by atoms with Crippen LogP contribution >= 0.6 is 23.1 Å². The summed E-state index contributed by atoms with van der Waals surface area (Å²) >= 11 is 2.74. The summed E-state index contributed by atoms with van der Waals surface area (Å²) in [4.78, 5) is 12.8. The topological polar surface area (TPSA) is 95.6 Å². The third-order valence-corrected chi connectivity index (χ3v) is 7.42. The molecule has 0 atom stereocenters. The van der Waals surface area contributed by atoms with E-state index in [0.717, 1.165) is 22.4 Å². The molecule has 4 rings (SSSR count). The van der Waals surface area contributed by atoms with Gasteiger partial charge in [-0.05, 0) is 30.5 Å². The van der Waals surface area contributed by atoms with Gasteiger partial charge in [0.25, 0.3) is 0 Å². The van der Waals surface area contributed by atoms with Crippen LogP contribution in [0.1, 0.15) is 27.9 Å².